The van der Waals surface area contributed by atoms with Gasteiger partial charge in [0, 0.05) is 26.0 Å². The Morgan fingerprint density at radius 2 is 2.14 bits per heavy atom. The molecule has 1 N–H and O–H groups in total. The molecule has 0 atom stereocenters. The smallest absolute Gasteiger partial charge is 0.207 e. The van der Waals surface area contributed by atoms with Gasteiger partial charge in [-0.1, -0.05) is 12.1 Å². The van der Waals surface area contributed by atoms with Gasteiger partial charge in [-0.25, -0.2) is 9.37 Å². The highest BCUT2D eigenvalue weighted by atomic mass is 19.1. The van der Waals surface area contributed by atoms with Crippen LogP contribution in [-0.2, 0) is 11.3 Å². The Morgan fingerprint density at radius 3 is 2.86 bits per heavy atom. The van der Waals surface area contributed by atoms with Crippen molar-refractivity contribution < 1.29 is 9.13 Å². The second kappa shape index (κ2) is 7.22. The van der Waals surface area contributed by atoms with Gasteiger partial charge in [-0.15, -0.1) is 0 Å². The number of imidazole rings is 1. The minimum Gasteiger partial charge on any atom is -0.382 e. The molecule has 2 rings (SSSR count). The molecule has 0 saturated heterocycles. The number of benzene rings is 1. The number of para-hydroxylation sites is 1. The second-order valence-electron chi connectivity index (χ2n) is 5.01. The van der Waals surface area contributed by atoms with E-state index in [2.05, 4.69) is 10.3 Å². The van der Waals surface area contributed by atoms with Crippen LogP contribution in [0, 0.1) is 19.7 Å². The van der Waals surface area contributed by atoms with Crippen molar-refractivity contribution in [2.75, 3.05) is 18.5 Å². The van der Waals surface area contributed by atoms with E-state index in [0.717, 1.165) is 30.8 Å². The lowest BCUT2D eigenvalue weighted by Crippen LogP contribution is -2.07. The van der Waals surface area contributed by atoms with Gasteiger partial charge in [-0.05, 0) is 38.8 Å². The molecule has 21 heavy (non-hydrogen) atoms. The van der Waals surface area contributed by atoms with Crippen molar-refractivity contribution in [3.8, 4) is 0 Å². The number of nitrogens with zero attached hydrogens (tertiary/aromatic N) is 2. The number of hydrogen-bond acceptors (Lipinski definition) is 3. The summed E-state index contributed by atoms with van der Waals surface area (Å²) in [4.78, 5) is 4.43. The lowest BCUT2D eigenvalue weighted by molar-refractivity contribution is 0.142. The third-order valence-electron chi connectivity index (χ3n) is 3.25. The summed E-state index contributed by atoms with van der Waals surface area (Å²) in [5.41, 5.74) is 2.24. The number of anilines is 2. The van der Waals surface area contributed by atoms with Crippen LogP contribution in [0.3, 0.4) is 0 Å². The average molecular weight is 291 g/mol. The van der Waals surface area contributed by atoms with Gasteiger partial charge < -0.3 is 14.6 Å². The summed E-state index contributed by atoms with van der Waals surface area (Å²) in [5, 5.41) is 3.11. The van der Waals surface area contributed by atoms with Crippen LogP contribution in [0.15, 0.2) is 24.4 Å². The number of rotatable bonds is 7. The van der Waals surface area contributed by atoms with Crippen LogP contribution in [0.2, 0.25) is 0 Å². The second-order valence-corrected chi connectivity index (χ2v) is 5.01. The molecule has 0 aliphatic heterocycles. The first-order chi connectivity index (χ1) is 10.1. The molecule has 0 fully saturated rings. The fraction of sp³-hybridized carbons (Fsp3) is 0.438. The van der Waals surface area contributed by atoms with Crippen molar-refractivity contribution in [1.29, 1.82) is 0 Å². The Hall–Kier alpha value is -1.88. The van der Waals surface area contributed by atoms with Crippen molar-refractivity contribution in [2.45, 2.75) is 33.7 Å². The highest BCUT2D eigenvalue weighted by Crippen LogP contribution is 2.23. The van der Waals surface area contributed by atoms with Crippen molar-refractivity contribution >= 4 is 11.6 Å². The van der Waals surface area contributed by atoms with Crippen LogP contribution in [0.1, 0.15) is 24.6 Å². The summed E-state index contributed by atoms with van der Waals surface area (Å²) in [5.74, 6) is 0.397. The first-order valence-electron chi connectivity index (χ1n) is 7.25. The third kappa shape index (κ3) is 4.04. The van der Waals surface area contributed by atoms with E-state index in [4.69, 9.17) is 4.74 Å². The summed E-state index contributed by atoms with van der Waals surface area (Å²) < 4.78 is 21.3. The van der Waals surface area contributed by atoms with E-state index in [0.29, 0.717) is 18.2 Å². The van der Waals surface area contributed by atoms with E-state index < -0.39 is 0 Å². The predicted molar refractivity (Wildman–Crippen MR) is 82.5 cm³/mol. The molecule has 0 unspecified atom stereocenters. The van der Waals surface area contributed by atoms with E-state index in [1.165, 1.54) is 6.07 Å². The van der Waals surface area contributed by atoms with E-state index in [9.17, 15) is 4.39 Å². The fourth-order valence-electron chi connectivity index (χ4n) is 2.20. The normalized spacial score (nSPS) is 10.9. The number of aryl methyl sites for hydroxylation is 3. The fourth-order valence-corrected chi connectivity index (χ4v) is 2.20. The SMILES string of the molecule is CCOCCCn1cc(C)nc1Nc1c(C)cccc1F. The molecule has 1 aromatic carbocycles. The van der Waals surface area contributed by atoms with Gasteiger partial charge in [-0.3, -0.25) is 0 Å². The molecule has 4 nitrogen and oxygen atoms in total. The molecule has 5 heteroatoms. The van der Waals surface area contributed by atoms with Crippen LogP contribution >= 0.6 is 0 Å². The highest BCUT2D eigenvalue weighted by molar-refractivity contribution is 5.59. The minimum atomic E-state index is -0.267. The van der Waals surface area contributed by atoms with Crippen LogP contribution < -0.4 is 5.32 Å². The van der Waals surface area contributed by atoms with Gasteiger partial charge in [0.05, 0.1) is 11.4 Å². The maximum atomic E-state index is 13.9. The van der Waals surface area contributed by atoms with Gasteiger partial charge in [0.15, 0.2) is 0 Å². The van der Waals surface area contributed by atoms with E-state index in [1.54, 1.807) is 6.07 Å². The van der Waals surface area contributed by atoms with Gasteiger partial charge in [0.25, 0.3) is 0 Å². The molecule has 0 aliphatic rings. The Kier molecular flexibility index (Phi) is 5.33. The monoisotopic (exact) mass is 291 g/mol. The third-order valence-corrected chi connectivity index (χ3v) is 3.25. The number of aromatic nitrogens is 2. The molecule has 114 valence electrons. The van der Waals surface area contributed by atoms with Crippen molar-refractivity contribution in [3.63, 3.8) is 0 Å². The van der Waals surface area contributed by atoms with Crippen molar-refractivity contribution in [3.05, 3.63) is 41.5 Å². The van der Waals surface area contributed by atoms with Crippen molar-refractivity contribution in [1.82, 2.24) is 9.55 Å². The van der Waals surface area contributed by atoms with Gasteiger partial charge >= 0.3 is 0 Å². The Balaban J connectivity index is 2.12. The van der Waals surface area contributed by atoms with Gasteiger partial charge in [0.2, 0.25) is 5.95 Å². The zero-order chi connectivity index (χ0) is 15.2. The van der Waals surface area contributed by atoms with Crippen molar-refractivity contribution in [2.24, 2.45) is 0 Å². The molecule has 0 aliphatic carbocycles. The molecule has 0 saturated carbocycles. The Labute approximate surface area is 125 Å². The molecule has 0 radical (unpaired) electrons. The summed E-state index contributed by atoms with van der Waals surface area (Å²) in [7, 11) is 0. The summed E-state index contributed by atoms with van der Waals surface area (Å²) in [6.45, 7) is 8.01. The number of ether oxygens (including phenoxy) is 1. The van der Waals surface area contributed by atoms with Crippen LogP contribution in [-0.4, -0.2) is 22.8 Å². The van der Waals surface area contributed by atoms with Crippen LogP contribution in [0.4, 0.5) is 16.0 Å². The van der Waals surface area contributed by atoms with Crippen LogP contribution in [0.5, 0.6) is 0 Å². The number of hydrogen-bond donors (Lipinski definition) is 1. The summed E-state index contributed by atoms with van der Waals surface area (Å²) >= 11 is 0. The summed E-state index contributed by atoms with van der Waals surface area (Å²) in [6.07, 6.45) is 2.86. The molecule has 2 aromatic rings. The largest absolute Gasteiger partial charge is 0.382 e. The average Bonchev–Trinajstić information content (AvgIpc) is 2.79. The quantitative estimate of drug-likeness (QED) is 0.788. The molecule has 0 amide bonds. The molecule has 1 aromatic heterocycles. The van der Waals surface area contributed by atoms with E-state index in [-0.39, 0.29) is 5.82 Å². The minimum absolute atomic E-state index is 0.267. The van der Waals surface area contributed by atoms with E-state index in [1.807, 2.05) is 37.6 Å². The topological polar surface area (TPSA) is 39.1 Å². The lowest BCUT2D eigenvalue weighted by Gasteiger charge is -2.12. The first-order valence-corrected chi connectivity index (χ1v) is 7.25. The zero-order valence-corrected chi connectivity index (χ0v) is 12.8. The first kappa shape index (κ1) is 15.5. The predicted octanol–water partition coefficient (Wildman–Crippen LogP) is 3.81. The summed E-state index contributed by atoms with van der Waals surface area (Å²) in [6, 6.07) is 5.03. The maximum absolute atomic E-state index is 13.9. The maximum Gasteiger partial charge on any atom is 0.207 e. The molecule has 1 heterocycles. The molecular weight excluding hydrogens is 269 g/mol. The van der Waals surface area contributed by atoms with Crippen LogP contribution in [0.25, 0.3) is 0 Å². The van der Waals surface area contributed by atoms with E-state index >= 15 is 0 Å². The van der Waals surface area contributed by atoms with Gasteiger partial charge in [-0.2, -0.15) is 0 Å². The van der Waals surface area contributed by atoms with Gasteiger partial charge in [0.1, 0.15) is 5.82 Å². The Morgan fingerprint density at radius 1 is 1.33 bits per heavy atom. The Bertz CT molecular complexity index is 575. The zero-order valence-electron chi connectivity index (χ0n) is 12.8. The number of halogens is 1. The molecule has 0 spiro atoms. The molecular formula is C16H22FN3O. The molecule has 0 bridgehead atoms. The number of nitrogens with one attached hydrogen (secondary N) is 1. The highest BCUT2D eigenvalue weighted by Gasteiger charge is 2.10. The lowest BCUT2D eigenvalue weighted by atomic mass is 10.2. The standard InChI is InChI=1S/C16H22FN3O/c1-4-21-10-6-9-20-11-13(3)18-16(20)19-15-12(2)7-5-8-14(15)17/h5,7-8,11H,4,6,9-10H2,1-3H3,(H,18,19).